The molecule has 2 aromatic carbocycles. The van der Waals surface area contributed by atoms with Crippen LogP contribution in [0.2, 0.25) is 0 Å². The number of carbonyl (C=O) groups excluding carboxylic acids is 1. The predicted octanol–water partition coefficient (Wildman–Crippen LogP) is 0.447. The van der Waals surface area contributed by atoms with Gasteiger partial charge in [-0.3, -0.25) is 0 Å². The van der Waals surface area contributed by atoms with Gasteiger partial charge < -0.3 is 19.7 Å². The van der Waals surface area contributed by atoms with Crippen molar-refractivity contribution < 1.29 is 38.6 Å². The molecule has 130 valence electrons. The number of aromatic hydroxyl groups is 1. The molecule has 0 fully saturated rings. The fraction of sp³-hybridized carbons (Fsp3) is 0.190. The van der Waals surface area contributed by atoms with Gasteiger partial charge in [-0.15, -0.1) is 0 Å². The standard InChI is InChI=1S/C21H22O4.Li/c1-14(2)9-12-17-18(25-3)13-16(19(20(17)22)21(23)24)11-10-15-7-5-4-6-8-15;/h4-11,13,22H,12H2,1-3H3,(H,23,24);/q;+1/p-1/b11-10+;. The maximum absolute atomic E-state index is 11.6. The molecule has 0 atom stereocenters. The molecule has 0 unspecified atom stereocenters. The molecule has 0 radical (unpaired) electrons. The number of carboxylic acids is 1. The van der Waals surface area contributed by atoms with Gasteiger partial charge in [0, 0.05) is 11.1 Å². The van der Waals surface area contributed by atoms with Crippen LogP contribution in [0.25, 0.3) is 12.2 Å². The average Bonchev–Trinajstić information content (AvgIpc) is 2.58. The molecule has 2 rings (SSSR count). The van der Waals surface area contributed by atoms with Crippen molar-refractivity contribution in [3.8, 4) is 11.5 Å². The van der Waals surface area contributed by atoms with E-state index in [2.05, 4.69) is 0 Å². The van der Waals surface area contributed by atoms with E-state index >= 15 is 0 Å². The summed E-state index contributed by atoms with van der Waals surface area (Å²) in [4.78, 5) is 11.6. The molecule has 0 saturated carbocycles. The normalized spacial score (nSPS) is 10.3. The first kappa shape index (κ1) is 21.6. The number of hydrogen-bond acceptors (Lipinski definition) is 4. The Labute approximate surface area is 166 Å². The van der Waals surface area contributed by atoms with Gasteiger partial charge in [0.05, 0.1) is 13.1 Å². The number of carboxylic acid groups (broad SMARTS) is 1. The number of methoxy groups -OCH3 is 1. The second-order valence-corrected chi connectivity index (χ2v) is 5.89. The number of phenols is 1. The molecule has 26 heavy (non-hydrogen) atoms. The SMILES string of the molecule is COc1cc(/C=C/c2ccccc2)c(C(=O)[O-])c(O)c1CC=C(C)C.[Li+]. The second-order valence-electron chi connectivity index (χ2n) is 5.89. The largest absolute Gasteiger partial charge is 1.00 e. The number of carbonyl (C=O) groups is 1. The number of aromatic carboxylic acids is 1. The minimum Gasteiger partial charge on any atom is -0.545 e. The molecule has 0 saturated heterocycles. The van der Waals surface area contributed by atoms with Crippen LogP contribution in [0, 0.1) is 0 Å². The quantitative estimate of drug-likeness (QED) is 0.469. The van der Waals surface area contributed by atoms with E-state index in [1.807, 2.05) is 50.3 Å². The minimum atomic E-state index is -1.42. The smallest absolute Gasteiger partial charge is 0.545 e. The third-order valence-electron chi connectivity index (χ3n) is 3.79. The summed E-state index contributed by atoms with van der Waals surface area (Å²) < 4.78 is 5.35. The fourth-order valence-corrected chi connectivity index (χ4v) is 2.49. The van der Waals surface area contributed by atoms with Crippen molar-refractivity contribution in [1.29, 1.82) is 0 Å². The van der Waals surface area contributed by atoms with E-state index in [1.165, 1.54) is 7.11 Å². The number of benzene rings is 2. The first-order chi connectivity index (χ1) is 11.9. The number of allylic oxidation sites excluding steroid dienone is 2. The van der Waals surface area contributed by atoms with Crippen molar-refractivity contribution in [1.82, 2.24) is 0 Å². The molecule has 0 aliphatic carbocycles. The van der Waals surface area contributed by atoms with Crippen LogP contribution in [0.3, 0.4) is 0 Å². The fourth-order valence-electron chi connectivity index (χ4n) is 2.49. The molecule has 4 nitrogen and oxygen atoms in total. The van der Waals surface area contributed by atoms with Crippen molar-refractivity contribution in [2.24, 2.45) is 0 Å². The maximum Gasteiger partial charge on any atom is 1.00 e. The van der Waals surface area contributed by atoms with Crippen molar-refractivity contribution in [3.05, 3.63) is 70.3 Å². The summed E-state index contributed by atoms with van der Waals surface area (Å²) in [6.45, 7) is 3.86. The Balaban J connectivity index is 0.00000338. The van der Waals surface area contributed by atoms with E-state index in [1.54, 1.807) is 18.2 Å². The van der Waals surface area contributed by atoms with Crippen LogP contribution in [0.1, 0.15) is 40.9 Å². The molecule has 0 bridgehead atoms. The summed E-state index contributed by atoms with van der Waals surface area (Å²) in [6, 6.07) is 11.1. The zero-order valence-corrected chi connectivity index (χ0v) is 15.6. The molecular weight excluding hydrogens is 323 g/mol. The Morgan fingerprint density at radius 1 is 1.19 bits per heavy atom. The molecule has 2 aromatic rings. The van der Waals surface area contributed by atoms with Crippen LogP contribution >= 0.6 is 0 Å². The van der Waals surface area contributed by atoms with E-state index < -0.39 is 5.97 Å². The third-order valence-corrected chi connectivity index (χ3v) is 3.79. The van der Waals surface area contributed by atoms with E-state index in [0.717, 1.165) is 11.1 Å². The van der Waals surface area contributed by atoms with Crippen LogP contribution < -0.4 is 28.7 Å². The monoisotopic (exact) mass is 344 g/mol. The molecule has 0 aliphatic rings. The second kappa shape index (κ2) is 9.91. The van der Waals surface area contributed by atoms with Crippen LogP contribution in [0.15, 0.2) is 48.0 Å². The number of rotatable bonds is 6. The molecule has 0 heterocycles. The Morgan fingerprint density at radius 2 is 1.85 bits per heavy atom. The van der Waals surface area contributed by atoms with Crippen LogP contribution in [0.4, 0.5) is 0 Å². The van der Waals surface area contributed by atoms with E-state index in [0.29, 0.717) is 23.3 Å². The molecule has 0 spiro atoms. The molecule has 0 aliphatic heterocycles. The van der Waals surface area contributed by atoms with Crippen molar-refractivity contribution in [2.45, 2.75) is 20.3 Å². The zero-order chi connectivity index (χ0) is 18.4. The first-order valence-corrected chi connectivity index (χ1v) is 7.94. The third kappa shape index (κ3) is 5.29. The van der Waals surface area contributed by atoms with Gasteiger partial charge in [-0.2, -0.15) is 0 Å². The topological polar surface area (TPSA) is 69.6 Å². The van der Waals surface area contributed by atoms with Gasteiger partial charge in [0.1, 0.15) is 11.5 Å². The van der Waals surface area contributed by atoms with Crippen LogP contribution in [-0.2, 0) is 6.42 Å². The van der Waals surface area contributed by atoms with Gasteiger partial charge in [-0.05, 0) is 37.5 Å². The van der Waals surface area contributed by atoms with Crippen LogP contribution in [0.5, 0.6) is 11.5 Å². The predicted molar refractivity (Wildman–Crippen MR) is 97.5 cm³/mol. The summed E-state index contributed by atoms with van der Waals surface area (Å²) in [6.07, 6.45) is 5.68. The van der Waals surface area contributed by atoms with Crippen molar-refractivity contribution >= 4 is 18.1 Å². The van der Waals surface area contributed by atoms with E-state index in [4.69, 9.17) is 4.74 Å². The van der Waals surface area contributed by atoms with Gasteiger partial charge >= 0.3 is 18.9 Å². The van der Waals surface area contributed by atoms with Gasteiger partial charge in [-0.1, -0.05) is 54.1 Å². The summed E-state index contributed by atoms with van der Waals surface area (Å²) >= 11 is 0. The van der Waals surface area contributed by atoms with E-state index in [-0.39, 0.29) is 30.2 Å². The first-order valence-electron chi connectivity index (χ1n) is 7.94. The Morgan fingerprint density at radius 3 is 2.38 bits per heavy atom. The number of ether oxygens (including phenoxy) is 1. The van der Waals surface area contributed by atoms with Gasteiger partial charge in [-0.25, -0.2) is 0 Å². The number of hydrogen-bond donors (Lipinski definition) is 1. The van der Waals surface area contributed by atoms with Crippen LogP contribution in [-0.4, -0.2) is 18.2 Å². The summed E-state index contributed by atoms with van der Waals surface area (Å²) in [5.41, 5.74) is 2.51. The van der Waals surface area contributed by atoms with E-state index in [9.17, 15) is 15.0 Å². The summed E-state index contributed by atoms with van der Waals surface area (Å²) in [5, 5.41) is 22.1. The molecule has 1 N–H and O–H groups in total. The molecule has 0 amide bonds. The average molecular weight is 344 g/mol. The minimum absolute atomic E-state index is 0. The van der Waals surface area contributed by atoms with Gasteiger partial charge in [0.15, 0.2) is 0 Å². The Kier molecular flexibility index (Phi) is 8.25. The van der Waals surface area contributed by atoms with Crippen molar-refractivity contribution in [3.63, 3.8) is 0 Å². The molecular formula is C21H21LiO4. The molecule has 5 heteroatoms. The maximum atomic E-state index is 11.6. The molecule has 0 aromatic heterocycles. The Bertz CT molecular complexity index is 820. The van der Waals surface area contributed by atoms with Crippen molar-refractivity contribution in [2.75, 3.05) is 7.11 Å². The van der Waals surface area contributed by atoms with Gasteiger partial charge in [0.2, 0.25) is 0 Å². The zero-order valence-electron chi connectivity index (χ0n) is 15.6. The van der Waals surface area contributed by atoms with Gasteiger partial charge in [0.25, 0.3) is 0 Å². The summed E-state index contributed by atoms with van der Waals surface area (Å²) in [7, 11) is 1.49. The Hall–Kier alpha value is -2.41. The summed E-state index contributed by atoms with van der Waals surface area (Å²) in [5.74, 6) is -1.30.